The van der Waals surface area contributed by atoms with Crippen LogP contribution < -0.4 is 5.73 Å². The molecule has 1 aromatic carbocycles. The number of hydrogen-bond acceptors (Lipinski definition) is 5. The molecule has 1 heterocycles. The van der Waals surface area contributed by atoms with Crippen molar-refractivity contribution in [2.75, 3.05) is 0 Å². The van der Waals surface area contributed by atoms with E-state index in [9.17, 15) is 4.39 Å². The van der Waals surface area contributed by atoms with Gasteiger partial charge in [-0.2, -0.15) is 4.37 Å². The van der Waals surface area contributed by atoms with E-state index in [1.807, 2.05) is 19.9 Å². The van der Waals surface area contributed by atoms with Gasteiger partial charge in [0.1, 0.15) is 11.6 Å². The molecule has 0 fully saturated rings. The summed E-state index contributed by atoms with van der Waals surface area (Å²) in [7, 11) is 0. The van der Waals surface area contributed by atoms with Crippen molar-refractivity contribution in [3.8, 4) is 0 Å². The SMILES string of the molecule is CCc1nsc(SC(c2cccc(F)c2)C(N)CC)n1. The van der Waals surface area contributed by atoms with Crippen LogP contribution in [0.4, 0.5) is 4.39 Å². The molecule has 2 atom stereocenters. The number of aryl methyl sites for hydroxylation is 1. The largest absolute Gasteiger partial charge is 0.326 e. The minimum Gasteiger partial charge on any atom is -0.326 e. The molecule has 20 heavy (non-hydrogen) atoms. The van der Waals surface area contributed by atoms with Crippen molar-refractivity contribution in [3.05, 3.63) is 41.5 Å². The molecule has 0 aliphatic rings. The molecule has 1 aromatic heterocycles. The van der Waals surface area contributed by atoms with Crippen molar-refractivity contribution >= 4 is 23.3 Å². The summed E-state index contributed by atoms with van der Waals surface area (Å²) in [6.07, 6.45) is 1.65. The van der Waals surface area contributed by atoms with Crippen molar-refractivity contribution in [1.82, 2.24) is 9.36 Å². The highest BCUT2D eigenvalue weighted by molar-refractivity contribution is 8.01. The Morgan fingerprint density at radius 2 is 2.20 bits per heavy atom. The fourth-order valence-electron chi connectivity index (χ4n) is 1.84. The zero-order valence-electron chi connectivity index (χ0n) is 11.5. The summed E-state index contributed by atoms with van der Waals surface area (Å²) in [5.74, 6) is 0.614. The molecule has 0 radical (unpaired) electrons. The predicted molar refractivity (Wildman–Crippen MR) is 82.6 cm³/mol. The van der Waals surface area contributed by atoms with E-state index in [1.165, 1.54) is 17.6 Å². The van der Waals surface area contributed by atoms with Gasteiger partial charge >= 0.3 is 0 Å². The first-order valence-corrected chi connectivity index (χ1v) is 8.29. The van der Waals surface area contributed by atoms with Crippen LogP contribution in [0.25, 0.3) is 0 Å². The van der Waals surface area contributed by atoms with Crippen LogP contribution in [0.15, 0.2) is 28.6 Å². The smallest absolute Gasteiger partial charge is 0.170 e. The van der Waals surface area contributed by atoms with Gasteiger partial charge in [-0.1, -0.05) is 37.7 Å². The van der Waals surface area contributed by atoms with E-state index in [0.29, 0.717) is 0 Å². The van der Waals surface area contributed by atoms with E-state index >= 15 is 0 Å². The standard InChI is InChI=1S/C14H18FN3S2/c1-3-11(16)13(9-6-5-7-10(15)8-9)19-14-17-12(4-2)18-20-14/h5-8,11,13H,3-4,16H2,1-2H3. The van der Waals surface area contributed by atoms with Gasteiger partial charge < -0.3 is 5.73 Å². The number of aromatic nitrogens is 2. The second-order valence-electron chi connectivity index (χ2n) is 4.50. The average Bonchev–Trinajstić information content (AvgIpc) is 2.91. The molecular weight excluding hydrogens is 293 g/mol. The van der Waals surface area contributed by atoms with Gasteiger partial charge in [0.2, 0.25) is 0 Å². The van der Waals surface area contributed by atoms with Gasteiger partial charge in [-0.05, 0) is 35.6 Å². The first-order chi connectivity index (χ1) is 9.63. The van der Waals surface area contributed by atoms with Crippen molar-refractivity contribution in [2.24, 2.45) is 5.73 Å². The molecule has 2 unspecified atom stereocenters. The molecule has 0 saturated heterocycles. The fraction of sp³-hybridized carbons (Fsp3) is 0.429. The first kappa shape index (κ1) is 15.4. The number of halogens is 1. The zero-order chi connectivity index (χ0) is 14.5. The Morgan fingerprint density at radius 3 is 2.80 bits per heavy atom. The molecule has 0 aliphatic carbocycles. The molecule has 2 N–H and O–H groups in total. The Kier molecular flexibility index (Phi) is 5.51. The molecule has 2 aromatic rings. The van der Waals surface area contributed by atoms with Gasteiger partial charge in [-0.15, -0.1) is 0 Å². The third-order valence-electron chi connectivity index (χ3n) is 3.03. The summed E-state index contributed by atoms with van der Waals surface area (Å²) in [5.41, 5.74) is 7.10. The van der Waals surface area contributed by atoms with E-state index in [1.54, 1.807) is 23.9 Å². The maximum absolute atomic E-state index is 13.4. The Hall–Kier alpha value is -0.980. The van der Waals surface area contributed by atoms with E-state index in [2.05, 4.69) is 9.36 Å². The van der Waals surface area contributed by atoms with Crippen molar-refractivity contribution in [1.29, 1.82) is 0 Å². The van der Waals surface area contributed by atoms with Crippen LogP contribution in [0.3, 0.4) is 0 Å². The van der Waals surface area contributed by atoms with Crippen LogP contribution in [0.1, 0.15) is 36.9 Å². The molecule has 6 heteroatoms. The van der Waals surface area contributed by atoms with Gasteiger partial charge in [0.25, 0.3) is 0 Å². The molecule has 108 valence electrons. The lowest BCUT2D eigenvalue weighted by molar-refractivity contribution is 0.610. The van der Waals surface area contributed by atoms with Crippen LogP contribution in [0.2, 0.25) is 0 Å². The van der Waals surface area contributed by atoms with Gasteiger partial charge in [0.15, 0.2) is 4.34 Å². The first-order valence-electron chi connectivity index (χ1n) is 6.64. The molecular formula is C14H18FN3S2. The highest BCUT2D eigenvalue weighted by atomic mass is 32.2. The van der Waals surface area contributed by atoms with E-state index in [0.717, 1.165) is 28.6 Å². The topological polar surface area (TPSA) is 51.8 Å². The Labute approximate surface area is 127 Å². The minimum absolute atomic E-state index is 0.00615. The molecule has 2 rings (SSSR count). The van der Waals surface area contributed by atoms with Crippen LogP contribution in [-0.4, -0.2) is 15.4 Å². The van der Waals surface area contributed by atoms with E-state index in [-0.39, 0.29) is 17.1 Å². The number of rotatable bonds is 6. The predicted octanol–water partition coefficient (Wildman–Crippen LogP) is 3.81. The number of thioether (sulfide) groups is 1. The summed E-state index contributed by atoms with van der Waals surface area (Å²) in [4.78, 5) is 4.45. The lowest BCUT2D eigenvalue weighted by atomic mass is 10.0. The monoisotopic (exact) mass is 311 g/mol. The lowest BCUT2D eigenvalue weighted by Gasteiger charge is -2.21. The summed E-state index contributed by atoms with van der Waals surface area (Å²) < 4.78 is 18.6. The molecule has 0 saturated carbocycles. The minimum atomic E-state index is -0.233. The van der Waals surface area contributed by atoms with Crippen molar-refractivity contribution in [2.45, 2.75) is 42.3 Å². The van der Waals surface area contributed by atoms with E-state index in [4.69, 9.17) is 5.73 Å². The molecule has 0 aliphatic heterocycles. The molecule has 3 nitrogen and oxygen atoms in total. The third kappa shape index (κ3) is 3.77. The lowest BCUT2D eigenvalue weighted by Crippen LogP contribution is -2.25. The Balaban J connectivity index is 2.23. The Morgan fingerprint density at radius 1 is 1.40 bits per heavy atom. The van der Waals surface area contributed by atoms with Gasteiger partial charge in [0.05, 0.1) is 5.25 Å². The Bertz CT molecular complexity index is 559. The number of benzene rings is 1. The van der Waals surface area contributed by atoms with Crippen LogP contribution >= 0.6 is 23.3 Å². The molecule has 0 bridgehead atoms. The molecule has 0 spiro atoms. The number of nitrogens with zero attached hydrogens (tertiary/aromatic N) is 2. The zero-order valence-corrected chi connectivity index (χ0v) is 13.2. The van der Waals surface area contributed by atoms with Crippen LogP contribution in [0, 0.1) is 5.82 Å². The van der Waals surface area contributed by atoms with E-state index < -0.39 is 0 Å². The van der Waals surface area contributed by atoms with Gasteiger partial charge in [-0.25, -0.2) is 9.37 Å². The fourth-order valence-corrected chi connectivity index (χ4v) is 3.96. The van der Waals surface area contributed by atoms with Gasteiger partial charge in [0, 0.05) is 12.5 Å². The normalized spacial score (nSPS) is 14.2. The number of nitrogens with two attached hydrogens (primary N) is 1. The summed E-state index contributed by atoms with van der Waals surface area (Å²) in [6, 6.07) is 6.59. The second-order valence-corrected chi connectivity index (χ2v) is 6.64. The van der Waals surface area contributed by atoms with Crippen LogP contribution in [0.5, 0.6) is 0 Å². The maximum Gasteiger partial charge on any atom is 0.170 e. The summed E-state index contributed by atoms with van der Waals surface area (Å²) >= 11 is 2.95. The molecule has 0 amide bonds. The average molecular weight is 311 g/mol. The summed E-state index contributed by atoms with van der Waals surface area (Å²) in [6.45, 7) is 4.06. The highest BCUT2D eigenvalue weighted by Gasteiger charge is 2.22. The van der Waals surface area contributed by atoms with Crippen LogP contribution in [-0.2, 0) is 6.42 Å². The quantitative estimate of drug-likeness (QED) is 0.824. The van der Waals surface area contributed by atoms with Gasteiger partial charge in [-0.3, -0.25) is 0 Å². The maximum atomic E-state index is 13.4. The summed E-state index contributed by atoms with van der Waals surface area (Å²) in [5, 5.41) is -0.00615. The third-order valence-corrected chi connectivity index (χ3v) is 5.26. The number of hydrogen-bond donors (Lipinski definition) is 1. The van der Waals surface area contributed by atoms with Crippen molar-refractivity contribution in [3.63, 3.8) is 0 Å². The highest BCUT2D eigenvalue weighted by Crippen LogP contribution is 2.38. The van der Waals surface area contributed by atoms with Crippen molar-refractivity contribution < 1.29 is 4.39 Å². The second kappa shape index (κ2) is 7.15.